The van der Waals surface area contributed by atoms with Crippen LogP contribution in [0, 0.1) is 0 Å². The molecule has 0 aliphatic carbocycles. The van der Waals surface area contributed by atoms with Crippen LogP contribution in [0.2, 0.25) is 0 Å². The lowest BCUT2D eigenvalue weighted by molar-refractivity contribution is -0.116. The molecule has 0 radical (unpaired) electrons. The highest BCUT2D eigenvalue weighted by Gasteiger charge is 2.18. The van der Waals surface area contributed by atoms with Crippen molar-refractivity contribution in [2.45, 2.75) is 31.8 Å². The van der Waals surface area contributed by atoms with E-state index in [1.165, 1.54) is 0 Å². The number of hydrogen-bond acceptors (Lipinski definition) is 5. The van der Waals surface area contributed by atoms with E-state index in [0.717, 1.165) is 25.9 Å². The fraction of sp³-hybridized carbons (Fsp3) is 0.562. The van der Waals surface area contributed by atoms with Gasteiger partial charge >= 0.3 is 0 Å². The van der Waals surface area contributed by atoms with Crippen LogP contribution in [0.5, 0.6) is 17.2 Å². The van der Waals surface area contributed by atoms with Crippen molar-refractivity contribution in [3.8, 4) is 17.2 Å². The largest absolute Gasteiger partial charge is 0.493 e. The van der Waals surface area contributed by atoms with Crippen LogP contribution in [0.25, 0.3) is 0 Å². The van der Waals surface area contributed by atoms with Crippen molar-refractivity contribution in [1.82, 2.24) is 0 Å². The molecular weight excluding hydrogens is 286 g/mol. The zero-order chi connectivity index (χ0) is 15.9. The highest BCUT2D eigenvalue weighted by Crippen LogP contribution is 2.39. The van der Waals surface area contributed by atoms with Gasteiger partial charge in [0.1, 0.15) is 0 Å². The van der Waals surface area contributed by atoms with Crippen LogP contribution >= 0.6 is 0 Å². The summed E-state index contributed by atoms with van der Waals surface area (Å²) in [7, 11) is 4.63. The first-order valence-corrected chi connectivity index (χ1v) is 7.39. The summed E-state index contributed by atoms with van der Waals surface area (Å²) in [5, 5.41) is 2.86. The van der Waals surface area contributed by atoms with Crippen LogP contribution < -0.4 is 19.5 Å². The van der Waals surface area contributed by atoms with E-state index in [1.54, 1.807) is 33.5 Å². The molecule has 1 heterocycles. The number of anilines is 1. The van der Waals surface area contributed by atoms with Crippen molar-refractivity contribution in [2.24, 2.45) is 0 Å². The third kappa shape index (κ3) is 4.04. The van der Waals surface area contributed by atoms with E-state index in [2.05, 4.69) is 5.32 Å². The molecule has 1 unspecified atom stereocenters. The number of rotatable bonds is 7. The predicted molar refractivity (Wildman–Crippen MR) is 82.9 cm³/mol. The average Bonchev–Trinajstić information content (AvgIpc) is 3.05. The zero-order valence-electron chi connectivity index (χ0n) is 13.3. The van der Waals surface area contributed by atoms with Gasteiger partial charge in [0.15, 0.2) is 11.5 Å². The quantitative estimate of drug-likeness (QED) is 0.838. The SMILES string of the molecule is COc1cc(NC(=O)CCC2CCCO2)cc(OC)c1OC. The number of methoxy groups -OCH3 is 3. The first-order chi connectivity index (χ1) is 10.7. The fourth-order valence-corrected chi connectivity index (χ4v) is 2.54. The molecule has 1 aromatic carbocycles. The normalized spacial score (nSPS) is 17.1. The van der Waals surface area contributed by atoms with E-state index < -0.39 is 0 Å². The summed E-state index contributed by atoms with van der Waals surface area (Å²) in [6, 6.07) is 3.43. The maximum absolute atomic E-state index is 12.0. The van der Waals surface area contributed by atoms with Gasteiger partial charge in [-0.25, -0.2) is 0 Å². The molecule has 0 aromatic heterocycles. The smallest absolute Gasteiger partial charge is 0.224 e. The van der Waals surface area contributed by atoms with E-state index >= 15 is 0 Å². The fourth-order valence-electron chi connectivity index (χ4n) is 2.54. The number of carbonyl (C=O) groups is 1. The highest BCUT2D eigenvalue weighted by molar-refractivity contribution is 5.91. The number of nitrogens with one attached hydrogen (secondary N) is 1. The van der Waals surface area contributed by atoms with Gasteiger partial charge < -0.3 is 24.3 Å². The molecule has 1 aliphatic heterocycles. The summed E-state index contributed by atoms with van der Waals surface area (Å²) < 4.78 is 21.3. The highest BCUT2D eigenvalue weighted by atomic mass is 16.5. The first kappa shape index (κ1) is 16.4. The van der Waals surface area contributed by atoms with Crippen molar-refractivity contribution in [1.29, 1.82) is 0 Å². The van der Waals surface area contributed by atoms with Crippen molar-refractivity contribution >= 4 is 11.6 Å². The average molecular weight is 309 g/mol. The van der Waals surface area contributed by atoms with Gasteiger partial charge in [-0.2, -0.15) is 0 Å². The van der Waals surface area contributed by atoms with Crippen LogP contribution in [0.1, 0.15) is 25.7 Å². The van der Waals surface area contributed by atoms with Gasteiger partial charge in [0.25, 0.3) is 0 Å². The molecule has 0 saturated carbocycles. The van der Waals surface area contributed by atoms with Gasteiger partial charge in [0.05, 0.1) is 27.4 Å². The van der Waals surface area contributed by atoms with Gasteiger partial charge in [-0.3, -0.25) is 4.79 Å². The van der Waals surface area contributed by atoms with Crippen LogP contribution in [0.4, 0.5) is 5.69 Å². The second kappa shape index (κ2) is 7.89. The Labute approximate surface area is 130 Å². The Bertz CT molecular complexity index is 486. The van der Waals surface area contributed by atoms with Crippen LogP contribution in [0.15, 0.2) is 12.1 Å². The van der Waals surface area contributed by atoms with E-state index in [9.17, 15) is 4.79 Å². The summed E-state index contributed by atoms with van der Waals surface area (Å²) >= 11 is 0. The topological polar surface area (TPSA) is 66.0 Å². The zero-order valence-corrected chi connectivity index (χ0v) is 13.3. The van der Waals surface area contributed by atoms with Crippen molar-refractivity contribution in [3.05, 3.63) is 12.1 Å². The van der Waals surface area contributed by atoms with Crippen molar-refractivity contribution in [3.63, 3.8) is 0 Å². The minimum Gasteiger partial charge on any atom is -0.493 e. The summed E-state index contributed by atoms with van der Waals surface area (Å²) in [4.78, 5) is 12.0. The van der Waals surface area contributed by atoms with Crippen LogP contribution in [0.3, 0.4) is 0 Å². The first-order valence-electron chi connectivity index (χ1n) is 7.39. The number of ether oxygens (including phenoxy) is 4. The number of benzene rings is 1. The van der Waals surface area contributed by atoms with Gasteiger partial charge in [-0.05, 0) is 19.3 Å². The molecule has 1 N–H and O–H groups in total. The Balaban J connectivity index is 2.00. The molecule has 1 atom stereocenters. The molecule has 122 valence electrons. The lowest BCUT2D eigenvalue weighted by atomic mass is 10.1. The van der Waals surface area contributed by atoms with Crippen LogP contribution in [-0.4, -0.2) is 39.9 Å². The van der Waals surface area contributed by atoms with Gasteiger partial charge in [-0.15, -0.1) is 0 Å². The Morgan fingerprint density at radius 2 is 1.91 bits per heavy atom. The summed E-state index contributed by atoms with van der Waals surface area (Å²) in [5.74, 6) is 1.47. The third-order valence-electron chi connectivity index (χ3n) is 3.67. The van der Waals surface area contributed by atoms with Gasteiger partial charge in [0, 0.05) is 30.8 Å². The molecule has 0 bridgehead atoms. The van der Waals surface area contributed by atoms with Crippen molar-refractivity contribution < 1.29 is 23.7 Å². The standard InChI is InChI=1S/C16H23NO5/c1-19-13-9-11(10-14(20-2)16(13)21-3)17-15(18)7-6-12-5-4-8-22-12/h9-10,12H,4-8H2,1-3H3,(H,17,18). The Morgan fingerprint density at radius 1 is 1.23 bits per heavy atom. The maximum atomic E-state index is 12.0. The predicted octanol–water partition coefficient (Wildman–Crippen LogP) is 2.61. The van der Waals surface area contributed by atoms with E-state index in [0.29, 0.717) is 29.4 Å². The van der Waals surface area contributed by atoms with E-state index in [1.807, 2.05) is 0 Å². The number of amides is 1. The molecule has 22 heavy (non-hydrogen) atoms. The number of hydrogen-bond donors (Lipinski definition) is 1. The second-order valence-corrected chi connectivity index (χ2v) is 5.14. The lowest BCUT2D eigenvalue weighted by Gasteiger charge is -2.15. The van der Waals surface area contributed by atoms with Gasteiger partial charge in [-0.1, -0.05) is 0 Å². The molecule has 1 aliphatic rings. The minimum atomic E-state index is -0.0511. The Kier molecular flexibility index (Phi) is 5.89. The molecule has 1 aromatic rings. The molecule has 6 nitrogen and oxygen atoms in total. The Hall–Kier alpha value is -1.95. The van der Waals surface area contributed by atoms with Crippen LogP contribution in [-0.2, 0) is 9.53 Å². The molecule has 1 amide bonds. The van der Waals surface area contributed by atoms with Gasteiger partial charge in [0.2, 0.25) is 11.7 Å². The second-order valence-electron chi connectivity index (χ2n) is 5.14. The molecule has 1 fully saturated rings. The molecule has 0 spiro atoms. The third-order valence-corrected chi connectivity index (χ3v) is 3.67. The Morgan fingerprint density at radius 3 is 2.41 bits per heavy atom. The molecule has 1 saturated heterocycles. The summed E-state index contributed by atoms with van der Waals surface area (Å²) in [6.45, 7) is 0.805. The lowest BCUT2D eigenvalue weighted by Crippen LogP contribution is -2.15. The monoisotopic (exact) mass is 309 g/mol. The van der Waals surface area contributed by atoms with E-state index in [4.69, 9.17) is 18.9 Å². The number of carbonyl (C=O) groups excluding carboxylic acids is 1. The molecule has 6 heteroatoms. The van der Waals surface area contributed by atoms with E-state index in [-0.39, 0.29) is 12.0 Å². The summed E-state index contributed by atoms with van der Waals surface area (Å²) in [6.07, 6.45) is 3.51. The molecular formula is C16H23NO5. The maximum Gasteiger partial charge on any atom is 0.224 e. The summed E-state index contributed by atoms with van der Waals surface area (Å²) in [5.41, 5.74) is 0.617. The van der Waals surface area contributed by atoms with Crippen molar-refractivity contribution in [2.75, 3.05) is 33.3 Å². The molecule has 2 rings (SSSR count). The minimum absolute atomic E-state index is 0.0511.